The second-order valence-corrected chi connectivity index (χ2v) is 18.8. The molecule has 2 heterocycles. The van der Waals surface area contributed by atoms with Crippen LogP contribution in [0.5, 0.6) is 0 Å². The van der Waals surface area contributed by atoms with Gasteiger partial charge in [0.1, 0.15) is 0 Å². The quantitative estimate of drug-likeness (QED) is 0.158. The van der Waals surface area contributed by atoms with Gasteiger partial charge < -0.3 is 4.74 Å². The van der Waals surface area contributed by atoms with Crippen LogP contribution in [0.4, 0.5) is 0 Å². The maximum atomic E-state index is 4.25. The molecule has 2 atom stereocenters. The number of aryl methyl sites for hydroxylation is 3. The molecule has 0 aliphatic heterocycles. The van der Waals surface area contributed by atoms with Crippen molar-refractivity contribution in [2.75, 3.05) is 14.2 Å². The number of methoxy groups -OCH3 is 1. The number of allylic oxidation sites excluding steroid dienone is 1. The summed E-state index contributed by atoms with van der Waals surface area (Å²) >= 11 is 3.93. The molecule has 298 valence electrons. The highest BCUT2D eigenvalue weighted by molar-refractivity contribution is 7.25. The maximum Gasteiger partial charge on any atom is 0.0355 e. The highest BCUT2D eigenvalue weighted by Crippen LogP contribution is 2.62. The van der Waals surface area contributed by atoms with E-state index >= 15 is 0 Å². The number of benzene rings is 9. The number of thiophene rings is 2. The average molecular weight is 825 g/mol. The molecule has 3 heteroatoms. The van der Waals surface area contributed by atoms with Crippen LogP contribution >= 0.6 is 22.7 Å². The molecule has 0 N–H and O–H groups in total. The van der Waals surface area contributed by atoms with Crippen molar-refractivity contribution in [1.29, 1.82) is 0 Å². The topological polar surface area (TPSA) is 9.23 Å². The zero-order valence-electron chi connectivity index (χ0n) is 35.3. The molecule has 13 rings (SSSR count). The largest absolute Gasteiger partial charge is 0.388 e. The summed E-state index contributed by atoms with van der Waals surface area (Å²) in [4.78, 5) is 1.60. The van der Waals surface area contributed by atoms with Crippen molar-refractivity contribution >= 4 is 96.9 Å². The lowest BCUT2D eigenvalue weighted by Gasteiger charge is -2.16. The lowest BCUT2D eigenvalue weighted by atomic mass is 9.88. The van der Waals surface area contributed by atoms with Crippen molar-refractivity contribution < 1.29 is 4.74 Å². The van der Waals surface area contributed by atoms with Gasteiger partial charge >= 0.3 is 0 Å². The molecule has 1 saturated carbocycles. The Bertz CT molecular complexity index is 3330. The maximum absolute atomic E-state index is 4.25. The lowest BCUT2D eigenvalue weighted by Crippen LogP contribution is -1.95. The van der Waals surface area contributed by atoms with E-state index in [1.165, 1.54) is 114 Å². The van der Waals surface area contributed by atoms with E-state index in [2.05, 4.69) is 165 Å². The van der Waals surface area contributed by atoms with Gasteiger partial charge in [0.2, 0.25) is 0 Å². The Morgan fingerprint density at radius 3 is 1.70 bits per heavy atom. The van der Waals surface area contributed by atoms with Gasteiger partial charge in [0.05, 0.1) is 0 Å². The van der Waals surface area contributed by atoms with Crippen LogP contribution in [0.25, 0.3) is 85.4 Å². The van der Waals surface area contributed by atoms with Crippen LogP contribution < -0.4 is 0 Å². The third kappa shape index (κ3) is 7.31. The van der Waals surface area contributed by atoms with Crippen molar-refractivity contribution in [2.24, 2.45) is 5.92 Å². The van der Waals surface area contributed by atoms with Crippen LogP contribution in [0.2, 0.25) is 0 Å². The first-order chi connectivity index (χ1) is 29.9. The number of hydrogen-bond acceptors (Lipinski definition) is 3. The molecule has 2 aromatic heterocycles. The minimum absolute atomic E-state index is 0.651. The third-order valence-electron chi connectivity index (χ3n) is 12.4. The Kier molecular flexibility index (Phi) is 10.5. The van der Waals surface area contributed by atoms with Gasteiger partial charge in [0, 0.05) is 55.3 Å². The van der Waals surface area contributed by atoms with Crippen molar-refractivity contribution in [3.8, 4) is 11.1 Å². The van der Waals surface area contributed by atoms with E-state index in [1.807, 2.05) is 59.1 Å². The number of ether oxygens (including phenoxy) is 1. The highest BCUT2D eigenvalue weighted by Gasteiger charge is 2.46. The van der Waals surface area contributed by atoms with E-state index in [-0.39, 0.29) is 0 Å². The number of hydrogen-bond donors (Lipinski definition) is 0. The van der Waals surface area contributed by atoms with Crippen molar-refractivity contribution in [3.63, 3.8) is 0 Å². The molecule has 9 aromatic carbocycles. The van der Waals surface area contributed by atoms with E-state index in [4.69, 9.17) is 0 Å². The van der Waals surface area contributed by atoms with Crippen LogP contribution in [0.15, 0.2) is 170 Å². The van der Waals surface area contributed by atoms with Crippen molar-refractivity contribution in [3.05, 3.63) is 203 Å². The van der Waals surface area contributed by atoms with Crippen LogP contribution in [0.3, 0.4) is 0 Å². The molecule has 0 spiro atoms. The molecule has 0 radical (unpaired) electrons. The second-order valence-electron chi connectivity index (χ2n) is 16.6. The summed E-state index contributed by atoms with van der Waals surface area (Å²) in [5.74, 6) is 1.32. The van der Waals surface area contributed by atoms with E-state index in [0.29, 0.717) is 11.8 Å². The van der Waals surface area contributed by atoms with Gasteiger partial charge in [-0.25, -0.2) is 0 Å². The zero-order chi connectivity index (χ0) is 41.6. The first-order valence-electron chi connectivity index (χ1n) is 21.2. The van der Waals surface area contributed by atoms with Crippen LogP contribution in [0.1, 0.15) is 45.0 Å². The predicted octanol–water partition coefficient (Wildman–Crippen LogP) is 17.1. The average Bonchev–Trinajstić information content (AvgIpc) is 3.89. The summed E-state index contributed by atoms with van der Waals surface area (Å²) in [7, 11) is 3.25. The SMILES string of the molecule is COC.Cc1ccc2ccc3c(-c4ccc5sc6c(c5c4)C=C(c4ccc5sc7ccccc7c5c4)C4CC64)ccc4ccc1c2c43.Cc1ccccc1.Cc1ccccc1. The number of fused-ring (bicyclic) bond motifs is 8. The molecule has 0 bridgehead atoms. The first-order valence-corrected chi connectivity index (χ1v) is 22.8. The van der Waals surface area contributed by atoms with Crippen molar-refractivity contribution in [2.45, 2.75) is 33.1 Å². The molecule has 2 unspecified atom stereocenters. The summed E-state index contributed by atoms with van der Waals surface area (Å²) in [6.07, 6.45) is 3.82. The molecule has 2 aliphatic rings. The van der Waals surface area contributed by atoms with Gasteiger partial charge in [-0.1, -0.05) is 151 Å². The lowest BCUT2D eigenvalue weighted by molar-refractivity contribution is 0.277. The van der Waals surface area contributed by atoms with Gasteiger partial charge in [-0.15, -0.1) is 22.7 Å². The van der Waals surface area contributed by atoms with Crippen molar-refractivity contribution in [1.82, 2.24) is 0 Å². The van der Waals surface area contributed by atoms with Crippen LogP contribution in [-0.2, 0) is 4.74 Å². The Hall–Kier alpha value is -6.10. The molecule has 1 fully saturated rings. The molecular formula is C58H48OS2. The first kappa shape index (κ1) is 39.1. The molecule has 2 aliphatic carbocycles. The zero-order valence-corrected chi connectivity index (χ0v) is 37.0. The molecule has 61 heavy (non-hydrogen) atoms. The Morgan fingerprint density at radius 1 is 0.459 bits per heavy atom. The fourth-order valence-electron chi connectivity index (χ4n) is 9.29. The summed E-state index contributed by atoms with van der Waals surface area (Å²) in [5.41, 5.74) is 11.0. The second kappa shape index (κ2) is 16.4. The molecule has 0 amide bonds. The Morgan fingerprint density at radius 2 is 1.02 bits per heavy atom. The standard InChI is InChI=1S/C42H26S2.2C7H8.C2H6O/c1-22-6-7-23-10-15-30-28(14-9-24-8-13-27(22)40(23)41(24)30)25-11-17-39-34(18-25)36-20-31(32-21-35(32)42(36)44-39)26-12-16-38-33(19-26)29-4-2-3-5-37(29)43-38;2*1-7-5-3-2-4-6-7;1-3-2/h2-20,32,35H,21H2,1H3;2*2-6H,1H3;1-2H3. The van der Waals surface area contributed by atoms with E-state index in [0.717, 1.165) is 0 Å². The fraction of sp³-hybridized carbons (Fsp3) is 0.138. The van der Waals surface area contributed by atoms with Gasteiger partial charge in [0.25, 0.3) is 0 Å². The number of rotatable bonds is 2. The van der Waals surface area contributed by atoms with Gasteiger partial charge in [-0.3, -0.25) is 0 Å². The summed E-state index contributed by atoms with van der Waals surface area (Å²) in [5, 5.41) is 12.4. The summed E-state index contributed by atoms with van der Waals surface area (Å²) in [6.45, 7) is 6.40. The minimum Gasteiger partial charge on any atom is -0.388 e. The Balaban J connectivity index is 0.000000221. The molecule has 0 saturated heterocycles. The summed E-state index contributed by atoms with van der Waals surface area (Å²) in [6, 6.07) is 62.2. The highest BCUT2D eigenvalue weighted by atomic mass is 32.1. The normalized spacial score (nSPS) is 15.1. The monoisotopic (exact) mass is 824 g/mol. The van der Waals surface area contributed by atoms with Crippen LogP contribution in [0, 0.1) is 26.7 Å². The smallest absolute Gasteiger partial charge is 0.0355 e. The van der Waals surface area contributed by atoms with Gasteiger partial charge in [0.15, 0.2) is 0 Å². The van der Waals surface area contributed by atoms with E-state index in [1.54, 1.807) is 19.1 Å². The van der Waals surface area contributed by atoms with E-state index < -0.39 is 0 Å². The molecule has 1 nitrogen and oxygen atoms in total. The molecular weight excluding hydrogens is 777 g/mol. The van der Waals surface area contributed by atoms with E-state index in [9.17, 15) is 0 Å². The fourth-order valence-corrected chi connectivity index (χ4v) is 11.7. The molecule has 11 aromatic rings. The van der Waals surface area contributed by atoms with Gasteiger partial charge in [-0.05, 0) is 135 Å². The van der Waals surface area contributed by atoms with Gasteiger partial charge in [-0.2, -0.15) is 0 Å². The third-order valence-corrected chi connectivity index (χ3v) is 14.8. The Labute approximate surface area is 366 Å². The summed E-state index contributed by atoms with van der Waals surface area (Å²) < 4.78 is 8.42. The minimum atomic E-state index is 0.651. The predicted molar refractivity (Wildman–Crippen MR) is 269 cm³/mol. The van der Waals surface area contributed by atoms with Crippen LogP contribution in [-0.4, -0.2) is 14.2 Å².